The molecule has 0 aliphatic heterocycles. The molecular formula is C27H32N6O5. The summed E-state index contributed by atoms with van der Waals surface area (Å²) >= 11 is 0. The van der Waals surface area contributed by atoms with Gasteiger partial charge in [-0.05, 0) is 55.0 Å². The van der Waals surface area contributed by atoms with Crippen LogP contribution in [0.4, 0.5) is 21.1 Å². The maximum atomic E-state index is 12.6. The van der Waals surface area contributed by atoms with Gasteiger partial charge < -0.3 is 25.2 Å². The van der Waals surface area contributed by atoms with Crippen molar-refractivity contribution in [3.05, 3.63) is 48.4 Å². The quantitative estimate of drug-likeness (QED) is 0.342. The van der Waals surface area contributed by atoms with Crippen LogP contribution in [0.2, 0.25) is 0 Å². The van der Waals surface area contributed by atoms with E-state index in [2.05, 4.69) is 49.5 Å². The molecule has 1 fully saturated rings. The highest BCUT2D eigenvalue weighted by Crippen LogP contribution is 2.39. The van der Waals surface area contributed by atoms with Crippen LogP contribution in [0.3, 0.4) is 0 Å². The number of aliphatic hydroxyl groups is 1. The Labute approximate surface area is 221 Å². The summed E-state index contributed by atoms with van der Waals surface area (Å²) in [6, 6.07) is 8.75. The summed E-state index contributed by atoms with van der Waals surface area (Å²) in [5.74, 6) is 0.596. The molecule has 0 radical (unpaired) electrons. The van der Waals surface area contributed by atoms with Crippen molar-refractivity contribution in [2.75, 3.05) is 31.0 Å². The number of aliphatic hydroxyl groups excluding tert-OH is 1. The van der Waals surface area contributed by atoms with Crippen molar-refractivity contribution < 1.29 is 24.2 Å². The first kappa shape index (κ1) is 26.8. The number of hydrogen-bond acceptors (Lipinski definition) is 8. The maximum Gasteiger partial charge on any atom is 0.412 e. The Morgan fingerprint density at radius 3 is 2.61 bits per heavy atom. The predicted octanol–water partition coefficient (Wildman–Crippen LogP) is 4.37. The number of urea groups is 1. The van der Waals surface area contributed by atoms with Gasteiger partial charge in [0.15, 0.2) is 0 Å². The fourth-order valence-corrected chi connectivity index (χ4v) is 4.47. The lowest BCUT2D eigenvalue weighted by Gasteiger charge is -2.42. The van der Waals surface area contributed by atoms with E-state index >= 15 is 0 Å². The van der Waals surface area contributed by atoms with Gasteiger partial charge in [0.05, 0.1) is 31.3 Å². The summed E-state index contributed by atoms with van der Waals surface area (Å²) in [6.45, 7) is 6.14. The molecule has 0 unspecified atom stereocenters. The molecule has 4 rings (SSSR count). The monoisotopic (exact) mass is 520 g/mol. The number of pyridine rings is 3. The van der Waals surface area contributed by atoms with Crippen LogP contribution in [0, 0.1) is 12.3 Å². The number of carbonyl (C=O) groups excluding carboxylic acids is 2. The first-order valence-corrected chi connectivity index (χ1v) is 12.3. The van der Waals surface area contributed by atoms with E-state index in [1.165, 1.54) is 7.11 Å². The molecule has 3 aromatic heterocycles. The van der Waals surface area contributed by atoms with Gasteiger partial charge in [-0.25, -0.2) is 19.6 Å². The van der Waals surface area contributed by atoms with Crippen molar-refractivity contribution in [3.8, 4) is 28.3 Å². The fourth-order valence-electron chi connectivity index (χ4n) is 4.47. The number of amides is 3. The van der Waals surface area contributed by atoms with E-state index in [-0.39, 0.29) is 30.7 Å². The molecule has 0 aromatic carbocycles. The Morgan fingerprint density at radius 1 is 1.11 bits per heavy atom. The molecule has 4 N–H and O–H groups in total. The highest BCUT2D eigenvalue weighted by Gasteiger charge is 2.36. The van der Waals surface area contributed by atoms with Crippen molar-refractivity contribution in [2.24, 2.45) is 5.41 Å². The maximum absolute atomic E-state index is 12.6. The number of aromatic nitrogens is 3. The zero-order valence-electron chi connectivity index (χ0n) is 21.9. The zero-order chi connectivity index (χ0) is 27.3. The number of aryl methyl sites for hydroxylation is 1. The van der Waals surface area contributed by atoms with Crippen molar-refractivity contribution >= 4 is 23.6 Å². The molecule has 3 heterocycles. The molecule has 1 aliphatic rings. The average molecular weight is 521 g/mol. The second kappa shape index (κ2) is 11.4. The van der Waals surface area contributed by atoms with Crippen LogP contribution in [0.1, 0.15) is 32.4 Å². The predicted molar refractivity (Wildman–Crippen MR) is 143 cm³/mol. The van der Waals surface area contributed by atoms with Crippen LogP contribution in [-0.4, -0.2) is 58.5 Å². The van der Waals surface area contributed by atoms with Crippen LogP contribution in [0.15, 0.2) is 42.7 Å². The molecule has 1 saturated carbocycles. The van der Waals surface area contributed by atoms with Crippen LogP contribution >= 0.6 is 0 Å². The summed E-state index contributed by atoms with van der Waals surface area (Å²) in [5, 5.41) is 17.7. The fraction of sp³-hybridized carbons (Fsp3) is 0.370. The zero-order valence-corrected chi connectivity index (χ0v) is 21.9. The number of ether oxygens (including phenoxy) is 2. The Bertz CT molecular complexity index is 1320. The number of hydrogen-bond donors (Lipinski definition) is 4. The third-order valence-electron chi connectivity index (χ3n) is 6.20. The number of rotatable bonds is 8. The first-order valence-electron chi connectivity index (χ1n) is 12.3. The lowest BCUT2D eigenvalue weighted by Crippen LogP contribution is -2.49. The second-order valence-corrected chi connectivity index (χ2v) is 9.92. The summed E-state index contributed by atoms with van der Waals surface area (Å²) in [4.78, 5) is 37.4. The molecule has 3 aromatic rings. The topological polar surface area (TPSA) is 148 Å². The third kappa shape index (κ3) is 6.74. The van der Waals surface area contributed by atoms with Gasteiger partial charge in [-0.15, -0.1) is 0 Å². The molecular weight excluding hydrogens is 488 g/mol. The molecule has 200 valence electrons. The van der Waals surface area contributed by atoms with E-state index in [0.717, 1.165) is 29.7 Å². The van der Waals surface area contributed by atoms with Crippen LogP contribution in [0.5, 0.6) is 5.88 Å². The van der Waals surface area contributed by atoms with E-state index < -0.39 is 6.09 Å². The summed E-state index contributed by atoms with van der Waals surface area (Å²) in [7, 11) is 1.27. The van der Waals surface area contributed by atoms with Crippen molar-refractivity contribution in [3.63, 3.8) is 0 Å². The Kier molecular flexibility index (Phi) is 8.06. The second-order valence-electron chi connectivity index (χ2n) is 9.92. The minimum absolute atomic E-state index is 0.0678. The van der Waals surface area contributed by atoms with E-state index in [1.807, 2.05) is 19.1 Å². The van der Waals surface area contributed by atoms with Crippen LogP contribution < -0.4 is 20.7 Å². The van der Waals surface area contributed by atoms with Gasteiger partial charge in [-0.1, -0.05) is 13.8 Å². The molecule has 3 amide bonds. The smallest absolute Gasteiger partial charge is 0.412 e. The Hall–Kier alpha value is -4.25. The van der Waals surface area contributed by atoms with Gasteiger partial charge in [0.1, 0.15) is 12.4 Å². The Balaban J connectivity index is 1.63. The van der Waals surface area contributed by atoms with Crippen molar-refractivity contribution in [1.82, 2.24) is 20.3 Å². The average Bonchev–Trinajstić information content (AvgIpc) is 2.87. The van der Waals surface area contributed by atoms with E-state index in [1.54, 1.807) is 30.6 Å². The van der Waals surface area contributed by atoms with E-state index in [4.69, 9.17) is 4.74 Å². The molecule has 1 aliphatic carbocycles. The molecule has 0 bridgehead atoms. The number of nitrogens with one attached hydrogen (secondary N) is 3. The van der Waals surface area contributed by atoms with Gasteiger partial charge >= 0.3 is 12.1 Å². The summed E-state index contributed by atoms with van der Waals surface area (Å²) in [5.41, 5.74) is 4.29. The highest BCUT2D eigenvalue weighted by molar-refractivity contribution is 5.90. The lowest BCUT2D eigenvalue weighted by atomic mass is 9.68. The molecule has 0 saturated heterocycles. The first-order chi connectivity index (χ1) is 18.2. The minimum atomic E-state index is -0.639. The van der Waals surface area contributed by atoms with Gasteiger partial charge in [-0.3, -0.25) is 10.3 Å². The number of nitrogens with zero attached hydrogens (tertiary/aromatic N) is 3. The molecule has 11 nitrogen and oxygen atoms in total. The standard InChI is InChI=1S/C27H32N6O5/c1-16-21(12-19(15-29-16)30-25(35)31-20-13-27(2,3)14-20)18-9-22(32-24(11-18)38-8-7-34)17-5-6-28-23(10-17)33-26(36)37-4/h5-6,9-12,15,20,34H,7-8,13-14H2,1-4H3,(H,28,33,36)(H2,30,31,35). The molecule has 0 spiro atoms. The SMILES string of the molecule is COC(=O)Nc1cc(-c2cc(-c3cc(NC(=O)NC4CC(C)(C)C4)cnc3C)cc(OCCO)n2)ccn1. The van der Waals surface area contributed by atoms with Gasteiger partial charge in [0.2, 0.25) is 5.88 Å². The van der Waals surface area contributed by atoms with Crippen molar-refractivity contribution in [2.45, 2.75) is 39.7 Å². The number of anilines is 2. The Morgan fingerprint density at radius 2 is 1.89 bits per heavy atom. The van der Waals surface area contributed by atoms with E-state index in [0.29, 0.717) is 28.6 Å². The molecule has 38 heavy (non-hydrogen) atoms. The van der Waals surface area contributed by atoms with Crippen molar-refractivity contribution in [1.29, 1.82) is 0 Å². The third-order valence-corrected chi connectivity index (χ3v) is 6.20. The lowest BCUT2D eigenvalue weighted by molar-refractivity contribution is 0.132. The molecule has 0 atom stereocenters. The number of carbonyl (C=O) groups is 2. The summed E-state index contributed by atoms with van der Waals surface area (Å²) in [6.07, 6.45) is 4.41. The molecule has 11 heteroatoms. The number of methoxy groups -OCH3 is 1. The van der Waals surface area contributed by atoms with E-state index in [9.17, 15) is 14.7 Å². The normalized spacial score (nSPS) is 14.2. The largest absolute Gasteiger partial charge is 0.475 e. The van der Waals surface area contributed by atoms with Crippen LogP contribution in [-0.2, 0) is 4.74 Å². The minimum Gasteiger partial charge on any atom is -0.475 e. The van der Waals surface area contributed by atoms with Gasteiger partial charge in [0, 0.05) is 35.1 Å². The highest BCUT2D eigenvalue weighted by atomic mass is 16.5. The van der Waals surface area contributed by atoms with Crippen LogP contribution in [0.25, 0.3) is 22.4 Å². The summed E-state index contributed by atoms with van der Waals surface area (Å²) < 4.78 is 10.3. The van der Waals surface area contributed by atoms with Gasteiger partial charge in [-0.2, -0.15) is 0 Å². The van der Waals surface area contributed by atoms with Gasteiger partial charge in [0.25, 0.3) is 0 Å².